The monoisotopic (exact) mass is 393 g/mol. The van der Waals surface area contributed by atoms with Crippen LogP contribution in [0.4, 0.5) is 18.3 Å². The number of hydrogen-bond donors (Lipinski definition) is 0. The van der Waals surface area contributed by atoms with Crippen LogP contribution >= 0.6 is 11.3 Å². The second kappa shape index (κ2) is 8.06. The highest BCUT2D eigenvalue weighted by Gasteiger charge is 2.21. The van der Waals surface area contributed by atoms with Crippen molar-refractivity contribution in [3.8, 4) is 0 Å². The number of aromatic nitrogens is 1. The molecule has 3 aromatic rings. The molecule has 27 heavy (non-hydrogen) atoms. The third-order valence-corrected chi connectivity index (χ3v) is 5.00. The molecule has 142 valence electrons. The molecule has 0 aliphatic rings. The van der Waals surface area contributed by atoms with Crippen LogP contribution in [0.25, 0.3) is 10.2 Å². The number of carbonyl (C=O) groups is 1. The zero-order valence-electron chi connectivity index (χ0n) is 14.9. The maximum atomic E-state index is 14.0. The van der Waals surface area contributed by atoms with Crippen LogP contribution in [0.5, 0.6) is 0 Å². The molecule has 8 heteroatoms. The fourth-order valence-corrected chi connectivity index (χ4v) is 3.61. The standard InChI is InChI=1S/C19H18F3N3OS/c1-24(2)7-8-25(17(26)9-12-3-5-13(20)6-4-12)19-23-18-15(22)10-14(21)11-16(18)27-19/h3-6,10-11H,7-9H2,1-2H3. The number of halogens is 3. The first-order valence-electron chi connectivity index (χ1n) is 8.28. The van der Waals surface area contributed by atoms with Crippen LogP contribution in [-0.4, -0.2) is 43.0 Å². The van der Waals surface area contributed by atoms with E-state index in [0.29, 0.717) is 28.5 Å². The van der Waals surface area contributed by atoms with Crippen LogP contribution in [0.1, 0.15) is 5.56 Å². The van der Waals surface area contributed by atoms with Gasteiger partial charge in [0.05, 0.1) is 11.1 Å². The summed E-state index contributed by atoms with van der Waals surface area (Å²) in [5.74, 6) is -2.07. The molecule has 0 fully saturated rings. The van der Waals surface area contributed by atoms with Gasteiger partial charge in [0.2, 0.25) is 5.91 Å². The smallest absolute Gasteiger partial charge is 0.233 e. The Morgan fingerprint density at radius 1 is 1.04 bits per heavy atom. The molecule has 0 saturated heterocycles. The van der Waals surface area contributed by atoms with E-state index in [9.17, 15) is 18.0 Å². The Morgan fingerprint density at radius 2 is 1.74 bits per heavy atom. The lowest BCUT2D eigenvalue weighted by Crippen LogP contribution is -2.37. The first kappa shape index (κ1) is 19.3. The van der Waals surface area contributed by atoms with E-state index in [1.165, 1.54) is 23.1 Å². The summed E-state index contributed by atoms with van der Waals surface area (Å²) in [5, 5.41) is 0.309. The molecule has 4 nitrogen and oxygen atoms in total. The van der Waals surface area contributed by atoms with E-state index in [4.69, 9.17) is 0 Å². The highest BCUT2D eigenvalue weighted by molar-refractivity contribution is 7.22. The number of benzene rings is 2. The summed E-state index contributed by atoms with van der Waals surface area (Å²) < 4.78 is 40.9. The third-order valence-electron chi connectivity index (χ3n) is 3.97. The van der Waals surface area contributed by atoms with E-state index >= 15 is 0 Å². The summed E-state index contributed by atoms with van der Waals surface area (Å²) in [6.07, 6.45) is 0.0560. The van der Waals surface area contributed by atoms with Gasteiger partial charge in [-0.1, -0.05) is 23.5 Å². The average molecular weight is 393 g/mol. The summed E-state index contributed by atoms with van der Waals surface area (Å²) in [4.78, 5) is 20.4. The molecule has 0 aliphatic carbocycles. The quantitative estimate of drug-likeness (QED) is 0.638. The molecular formula is C19H18F3N3OS. The van der Waals surface area contributed by atoms with Gasteiger partial charge in [0.1, 0.15) is 17.2 Å². The zero-order chi connectivity index (χ0) is 19.6. The van der Waals surface area contributed by atoms with Crippen molar-refractivity contribution in [3.05, 3.63) is 59.4 Å². The highest BCUT2D eigenvalue weighted by Crippen LogP contribution is 2.31. The minimum atomic E-state index is -0.758. The molecule has 0 spiro atoms. The Labute approximate surface area is 158 Å². The van der Waals surface area contributed by atoms with Crippen molar-refractivity contribution in [3.63, 3.8) is 0 Å². The van der Waals surface area contributed by atoms with Gasteiger partial charge < -0.3 is 4.90 Å². The Morgan fingerprint density at radius 3 is 2.41 bits per heavy atom. The summed E-state index contributed by atoms with van der Waals surface area (Å²) in [5.41, 5.74) is 0.704. The Balaban J connectivity index is 1.91. The van der Waals surface area contributed by atoms with Crippen molar-refractivity contribution < 1.29 is 18.0 Å². The van der Waals surface area contributed by atoms with Gasteiger partial charge in [0.25, 0.3) is 0 Å². The second-order valence-electron chi connectivity index (χ2n) is 6.38. The summed E-state index contributed by atoms with van der Waals surface area (Å²) >= 11 is 1.06. The van der Waals surface area contributed by atoms with Gasteiger partial charge in [-0.2, -0.15) is 0 Å². The Kier molecular flexibility index (Phi) is 5.76. The van der Waals surface area contributed by atoms with Crippen LogP contribution < -0.4 is 4.90 Å². The minimum Gasteiger partial charge on any atom is -0.308 e. The molecule has 1 heterocycles. The maximum absolute atomic E-state index is 14.0. The lowest BCUT2D eigenvalue weighted by molar-refractivity contribution is -0.118. The number of hydrogen-bond acceptors (Lipinski definition) is 4. The largest absolute Gasteiger partial charge is 0.308 e. The number of nitrogens with zero attached hydrogens (tertiary/aromatic N) is 3. The molecule has 0 N–H and O–H groups in total. The highest BCUT2D eigenvalue weighted by atomic mass is 32.1. The van der Waals surface area contributed by atoms with Gasteiger partial charge in [-0.05, 0) is 37.9 Å². The maximum Gasteiger partial charge on any atom is 0.233 e. The molecule has 0 saturated carbocycles. The van der Waals surface area contributed by atoms with Crippen LogP contribution in [0, 0.1) is 17.5 Å². The van der Waals surface area contributed by atoms with Gasteiger partial charge in [0.15, 0.2) is 10.9 Å². The average Bonchev–Trinajstić information content (AvgIpc) is 3.00. The van der Waals surface area contributed by atoms with Crippen LogP contribution in [0.15, 0.2) is 36.4 Å². The fourth-order valence-electron chi connectivity index (χ4n) is 2.56. The molecule has 0 unspecified atom stereocenters. The van der Waals surface area contributed by atoms with E-state index in [0.717, 1.165) is 17.4 Å². The SMILES string of the molecule is CN(C)CCN(C(=O)Cc1ccc(F)cc1)c1nc2c(F)cc(F)cc2s1. The van der Waals surface area contributed by atoms with Gasteiger partial charge in [-0.15, -0.1) is 0 Å². The molecule has 1 amide bonds. The number of carbonyl (C=O) groups excluding carboxylic acids is 1. The molecule has 0 aliphatic heterocycles. The summed E-state index contributed by atoms with van der Waals surface area (Å²) in [6, 6.07) is 7.66. The number of thiazole rings is 1. The molecule has 0 atom stereocenters. The van der Waals surface area contributed by atoms with E-state index < -0.39 is 11.6 Å². The third kappa shape index (κ3) is 4.64. The molecule has 2 aromatic carbocycles. The number of amides is 1. The summed E-state index contributed by atoms with van der Waals surface area (Å²) in [6.45, 7) is 0.916. The molecule has 1 aromatic heterocycles. The van der Waals surface area contributed by atoms with Crippen molar-refractivity contribution >= 4 is 32.6 Å². The zero-order valence-corrected chi connectivity index (χ0v) is 15.7. The lowest BCUT2D eigenvalue weighted by atomic mass is 10.1. The topological polar surface area (TPSA) is 36.4 Å². The number of anilines is 1. The normalized spacial score (nSPS) is 11.3. The molecular weight excluding hydrogens is 375 g/mol. The fraction of sp³-hybridized carbons (Fsp3) is 0.263. The van der Waals surface area contributed by atoms with Crippen molar-refractivity contribution in [2.24, 2.45) is 0 Å². The van der Waals surface area contributed by atoms with Crippen LogP contribution in [0.2, 0.25) is 0 Å². The first-order valence-corrected chi connectivity index (χ1v) is 9.10. The lowest BCUT2D eigenvalue weighted by Gasteiger charge is -2.22. The van der Waals surface area contributed by atoms with Gasteiger partial charge in [-0.3, -0.25) is 9.69 Å². The van der Waals surface area contributed by atoms with Crippen LogP contribution in [0.3, 0.4) is 0 Å². The Hall–Kier alpha value is -2.45. The predicted molar refractivity (Wildman–Crippen MR) is 101 cm³/mol. The number of fused-ring (bicyclic) bond motifs is 1. The van der Waals surface area contributed by atoms with Gasteiger partial charge >= 0.3 is 0 Å². The van der Waals surface area contributed by atoms with E-state index in [-0.39, 0.29) is 23.7 Å². The molecule has 3 rings (SSSR count). The Bertz CT molecular complexity index is 957. The summed E-state index contributed by atoms with van der Waals surface area (Å²) in [7, 11) is 3.74. The first-order chi connectivity index (χ1) is 12.8. The van der Waals surface area contributed by atoms with Gasteiger partial charge in [0, 0.05) is 19.2 Å². The van der Waals surface area contributed by atoms with Crippen molar-refractivity contribution in [2.75, 3.05) is 32.1 Å². The van der Waals surface area contributed by atoms with E-state index in [1.54, 1.807) is 12.1 Å². The number of likely N-dealkylation sites (N-methyl/N-ethyl adjacent to an activating group) is 1. The van der Waals surface area contributed by atoms with E-state index in [2.05, 4.69) is 4.98 Å². The van der Waals surface area contributed by atoms with E-state index in [1.807, 2.05) is 19.0 Å². The van der Waals surface area contributed by atoms with Crippen molar-refractivity contribution in [2.45, 2.75) is 6.42 Å². The van der Waals surface area contributed by atoms with Crippen LogP contribution in [-0.2, 0) is 11.2 Å². The van der Waals surface area contributed by atoms with Crippen molar-refractivity contribution in [1.82, 2.24) is 9.88 Å². The molecule has 0 bridgehead atoms. The van der Waals surface area contributed by atoms with Gasteiger partial charge in [-0.25, -0.2) is 18.2 Å². The second-order valence-corrected chi connectivity index (χ2v) is 7.39. The molecule has 0 radical (unpaired) electrons. The predicted octanol–water partition coefficient (Wildman–Crippen LogP) is 3.85. The number of rotatable bonds is 6. The minimum absolute atomic E-state index is 0.0424. The van der Waals surface area contributed by atoms with Crippen molar-refractivity contribution in [1.29, 1.82) is 0 Å².